The van der Waals surface area contributed by atoms with E-state index in [0.29, 0.717) is 30.1 Å². The minimum atomic E-state index is -0.388. The van der Waals surface area contributed by atoms with E-state index in [2.05, 4.69) is 25.6 Å². The molecule has 2 heterocycles. The summed E-state index contributed by atoms with van der Waals surface area (Å²) < 4.78 is 5.67. The minimum Gasteiger partial charge on any atom is -0.492 e. The van der Waals surface area contributed by atoms with Crippen LogP contribution in [0.4, 0.5) is 5.69 Å². The summed E-state index contributed by atoms with van der Waals surface area (Å²) in [7, 11) is 0. The van der Waals surface area contributed by atoms with E-state index in [4.69, 9.17) is 4.74 Å². The predicted octanol–water partition coefficient (Wildman–Crippen LogP) is 1.79. The number of nitrogens with one attached hydrogen (secondary N) is 2. The van der Waals surface area contributed by atoms with Crippen molar-refractivity contribution in [3.05, 3.63) is 54.7 Å². The third kappa shape index (κ3) is 4.29. The Balaban J connectivity index is 1.83. The second kappa shape index (κ2) is 8.02. The first-order valence-corrected chi connectivity index (χ1v) is 7.97. The molecule has 3 aromatic rings. The fourth-order valence-corrected chi connectivity index (χ4v) is 2.34. The van der Waals surface area contributed by atoms with Crippen LogP contribution < -0.4 is 15.4 Å². The van der Waals surface area contributed by atoms with Gasteiger partial charge < -0.3 is 15.4 Å². The SMILES string of the molecule is CC(=O)NCCOc1cc(NC(=O)c2cnccn2)c2ncccc2c1. The fraction of sp³-hybridized carbons (Fsp3) is 0.167. The molecule has 0 saturated carbocycles. The molecular weight excluding hydrogens is 334 g/mol. The van der Waals surface area contributed by atoms with Gasteiger partial charge in [0.1, 0.15) is 18.1 Å². The maximum atomic E-state index is 12.4. The van der Waals surface area contributed by atoms with Crippen LogP contribution in [0.25, 0.3) is 10.9 Å². The molecule has 0 aliphatic heterocycles. The van der Waals surface area contributed by atoms with Gasteiger partial charge in [0.15, 0.2) is 0 Å². The van der Waals surface area contributed by atoms with E-state index < -0.39 is 0 Å². The number of benzene rings is 1. The van der Waals surface area contributed by atoms with Gasteiger partial charge in [0.05, 0.1) is 23.9 Å². The molecule has 0 bridgehead atoms. The van der Waals surface area contributed by atoms with Crippen molar-refractivity contribution < 1.29 is 14.3 Å². The van der Waals surface area contributed by atoms with Crippen molar-refractivity contribution in [2.24, 2.45) is 0 Å². The number of anilines is 1. The average molecular weight is 351 g/mol. The van der Waals surface area contributed by atoms with Crippen LogP contribution in [0.1, 0.15) is 17.4 Å². The summed E-state index contributed by atoms with van der Waals surface area (Å²) in [6.45, 7) is 2.15. The summed E-state index contributed by atoms with van der Waals surface area (Å²) in [5, 5.41) is 6.28. The molecule has 26 heavy (non-hydrogen) atoms. The molecule has 0 aliphatic rings. The zero-order chi connectivity index (χ0) is 18.4. The molecular formula is C18H17N5O3. The normalized spacial score (nSPS) is 10.3. The van der Waals surface area contributed by atoms with Crippen molar-refractivity contribution in [3.8, 4) is 5.75 Å². The Kier molecular flexibility index (Phi) is 5.33. The lowest BCUT2D eigenvalue weighted by Crippen LogP contribution is -2.25. The van der Waals surface area contributed by atoms with Gasteiger partial charge in [0, 0.05) is 37.0 Å². The molecule has 8 nitrogen and oxygen atoms in total. The number of ether oxygens (including phenoxy) is 1. The van der Waals surface area contributed by atoms with E-state index in [0.717, 1.165) is 5.39 Å². The van der Waals surface area contributed by atoms with E-state index in [1.807, 2.05) is 12.1 Å². The highest BCUT2D eigenvalue weighted by molar-refractivity contribution is 6.07. The molecule has 0 aliphatic carbocycles. The van der Waals surface area contributed by atoms with Gasteiger partial charge in [0.2, 0.25) is 5.91 Å². The molecule has 0 unspecified atom stereocenters. The Bertz CT molecular complexity index is 931. The Morgan fingerprint density at radius 2 is 2.04 bits per heavy atom. The number of hydrogen-bond donors (Lipinski definition) is 2. The van der Waals surface area contributed by atoms with E-state index in [-0.39, 0.29) is 17.5 Å². The number of amides is 2. The fourth-order valence-electron chi connectivity index (χ4n) is 2.34. The summed E-state index contributed by atoms with van der Waals surface area (Å²) in [6, 6.07) is 7.20. The van der Waals surface area contributed by atoms with Gasteiger partial charge in [-0.25, -0.2) is 4.98 Å². The van der Waals surface area contributed by atoms with Crippen molar-refractivity contribution >= 4 is 28.4 Å². The maximum absolute atomic E-state index is 12.4. The third-order valence-electron chi connectivity index (χ3n) is 3.47. The lowest BCUT2D eigenvalue weighted by molar-refractivity contribution is -0.119. The molecule has 0 spiro atoms. The second-order valence-corrected chi connectivity index (χ2v) is 5.42. The number of carbonyl (C=O) groups is 2. The van der Waals surface area contributed by atoms with Crippen molar-refractivity contribution in [2.75, 3.05) is 18.5 Å². The van der Waals surface area contributed by atoms with E-state index >= 15 is 0 Å². The van der Waals surface area contributed by atoms with Crippen LogP contribution in [0.15, 0.2) is 49.1 Å². The Morgan fingerprint density at radius 1 is 1.15 bits per heavy atom. The largest absolute Gasteiger partial charge is 0.492 e. The van der Waals surface area contributed by atoms with E-state index in [1.165, 1.54) is 25.5 Å². The number of fused-ring (bicyclic) bond motifs is 1. The van der Waals surface area contributed by atoms with Crippen molar-refractivity contribution in [1.82, 2.24) is 20.3 Å². The monoisotopic (exact) mass is 351 g/mol. The number of hydrogen-bond acceptors (Lipinski definition) is 6. The Labute approximate surface area is 149 Å². The van der Waals surface area contributed by atoms with Gasteiger partial charge >= 0.3 is 0 Å². The maximum Gasteiger partial charge on any atom is 0.275 e. The van der Waals surface area contributed by atoms with Crippen molar-refractivity contribution in [2.45, 2.75) is 6.92 Å². The number of carbonyl (C=O) groups excluding carboxylic acids is 2. The highest BCUT2D eigenvalue weighted by Crippen LogP contribution is 2.28. The molecule has 8 heteroatoms. The van der Waals surface area contributed by atoms with Crippen LogP contribution in [0, 0.1) is 0 Å². The molecule has 132 valence electrons. The molecule has 2 aromatic heterocycles. The van der Waals surface area contributed by atoms with Gasteiger partial charge in [-0.15, -0.1) is 0 Å². The van der Waals surface area contributed by atoms with Crippen LogP contribution in [-0.2, 0) is 4.79 Å². The summed E-state index contributed by atoms with van der Waals surface area (Å²) >= 11 is 0. The Hall–Kier alpha value is -3.55. The summed E-state index contributed by atoms with van der Waals surface area (Å²) in [6.07, 6.45) is 5.99. The molecule has 0 atom stereocenters. The van der Waals surface area contributed by atoms with Gasteiger partial charge in [-0.05, 0) is 12.1 Å². The summed E-state index contributed by atoms with van der Waals surface area (Å²) in [5.41, 5.74) is 1.35. The number of nitrogens with zero attached hydrogens (tertiary/aromatic N) is 3. The highest BCUT2D eigenvalue weighted by atomic mass is 16.5. The minimum absolute atomic E-state index is 0.117. The van der Waals surface area contributed by atoms with Gasteiger partial charge in [0.25, 0.3) is 5.91 Å². The van der Waals surface area contributed by atoms with Gasteiger partial charge in [-0.2, -0.15) is 0 Å². The molecule has 1 aromatic carbocycles. The lowest BCUT2D eigenvalue weighted by Gasteiger charge is -2.12. The van der Waals surface area contributed by atoms with Crippen LogP contribution in [0.5, 0.6) is 5.75 Å². The van der Waals surface area contributed by atoms with Crippen molar-refractivity contribution in [1.29, 1.82) is 0 Å². The van der Waals surface area contributed by atoms with Crippen LogP contribution >= 0.6 is 0 Å². The Morgan fingerprint density at radius 3 is 2.81 bits per heavy atom. The van der Waals surface area contributed by atoms with Crippen LogP contribution in [0.2, 0.25) is 0 Å². The summed E-state index contributed by atoms with van der Waals surface area (Å²) in [4.78, 5) is 35.5. The average Bonchev–Trinajstić information content (AvgIpc) is 2.66. The smallest absolute Gasteiger partial charge is 0.275 e. The lowest BCUT2D eigenvalue weighted by atomic mass is 10.1. The first-order chi connectivity index (χ1) is 12.6. The molecule has 2 N–H and O–H groups in total. The quantitative estimate of drug-likeness (QED) is 0.656. The number of aromatic nitrogens is 3. The third-order valence-corrected chi connectivity index (χ3v) is 3.47. The zero-order valence-electron chi connectivity index (χ0n) is 14.1. The highest BCUT2D eigenvalue weighted by Gasteiger charge is 2.12. The molecule has 0 fully saturated rings. The van der Waals surface area contributed by atoms with Crippen LogP contribution in [-0.4, -0.2) is 39.9 Å². The topological polar surface area (TPSA) is 106 Å². The van der Waals surface area contributed by atoms with Gasteiger partial charge in [-0.1, -0.05) is 6.07 Å². The van der Waals surface area contributed by atoms with E-state index in [9.17, 15) is 9.59 Å². The molecule has 3 rings (SSSR count). The second-order valence-electron chi connectivity index (χ2n) is 5.42. The van der Waals surface area contributed by atoms with E-state index in [1.54, 1.807) is 18.3 Å². The van der Waals surface area contributed by atoms with Gasteiger partial charge in [-0.3, -0.25) is 19.6 Å². The standard InChI is InChI=1S/C18H17N5O3/c1-12(24)20-7-8-26-14-9-13-3-2-4-22-17(13)15(10-14)23-18(25)16-11-19-5-6-21-16/h2-6,9-11H,7-8H2,1H3,(H,20,24)(H,23,25). The number of pyridine rings is 1. The predicted molar refractivity (Wildman–Crippen MR) is 95.9 cm³/mol. The number of rotatable bonds is 6. The summed E-state index contributed by atoms with van der Waals surface area (Å²) in [5.74, 6) is 0.0546. The van der Waals surface area contributed by atoms with Crippen molar-refractivity contribution in [3.63, 3.8) is 0 Å². The zero-order valence-corrected chi connectivity index (χ0v) is 14.1. The first-order valence-electron chi connectivity index (χ1n) is 7.97. The molecule has 2 amide bonds. The molecule has 0 saturated heterocycles. The van der Waals surface area contributed by atoms with Crippen LogP contribution in [0.3, 0.4) is 0 Å². The first kappa shape index (κ1) is 17.3. The molecule has 0 radical (unpaired) electrons.